The fourth-order valence-electron chi connectivity index (χ4n) is 2.76. The van der Waals surface area contributed by atoms with Crippen LogP contribution in [0.15, 0.2) is 0 Å². The first-order chi connectivity index (χ1) is 7.92. The average molecular weight is 266 g/mol. The van der Waals surface area contributed by atoms with Gasteiger partial charge in [0.2, 0.25) is 0 Å². The first-order valence-electron chi connectivity index (χ1n) is 6.14. The average Bonchev–Trinajstić information content (AvgIpc) is 2.26. The highest BCUT2D eigenvalue weighted by molar-refractivity contribution is 5.82. The topological polar surface area (TPSA) is 95.2 Å². The van der Waals surface area contributed by atoms with E-state index in [1.165, 1.54) is 51.6 Å². The molecule has 0 aliphatic carbocycles. The van der Waals surface area contributed by atoms with Crippen molar-refractivity contribution in [2.75, 3.05) is 13.1 Å². The summed E-state index contributed by atoms with van der Waals surface area (Å²) in [5.74, 6) is 0.944. The summed E-state index contributed by atoms with van der Waals surface area (Å²) in [6.45, 7) is 5.05. The highest BCUT2D eigenvalue weighted by Gasteiger charge is 2.29. The summed E-state index contributed by atoms with van der Waals surface area (Å²) >= 11 is 0. The third-order valence-electron chi connectivity index (χ3n) is 3.46. The second-order valence-corrected chi connectivity index (χ2v) is 5.32. The summed E-state index contributed by atoms with van der Waals surface area (Å²) < 4.78 is 36.6. The van der Waals surface area contributed by atoms with E-state index in [0.29, 0.717) is 0 Å². The highest BCUT2D eigenvalue weighted by atomic mass is 35.7. The number of hydrogen-bond acceptors (Lipinski definition) is 4. The van der Waals surface area contributed by atoms with Crippen molar-refractivity contribution < 1.29 is 33.5 Å². The Hall–Kier alpha value is -0.200. The minimum absolute atomic E-state index is 0.944. The maximum absolute atomic E-state index is 8.49. The smallest absolute Gasteiger partial charge is 0.155 e. The number of hydrogen-bond donors (Lipinski definition) is 0. The minimum atomic E-state index is -4.94. The normalized spacial score (nSPS) is 24.9. The first-order valence-corrected chi connectivity index (χ1v) is 7.37. The molecule has 0 saturated heterocycles. The Morgan fingerprint density at radius 3 is 2.29 bits per heavy atom. The summed E-state index contributed by atoms with van der Waals surface area (Å²) in [4.78, 5) is 0. The Labute approximate surface area is 104 Å². The van der Waals surface area contributed by atoms with E-state index >= 15 is 0 Å². The minimum Gasteiger partial charge on any atom is -0.237 e. The van der Waals surface area contributed by atoms with Crippen LogP contribution in [0.1, 0.15) is 45.4 Å². The molecule has 100 valence electrons. The zero-order valence-corrected chi connectivity index (χ0v) is 10.9. The predicted molar refractivity (Wildman–Crippen MR) is 51.9 cm³/mol. The van der Waals surface area contributed by atoms with Crippen LogP contribution in [0.25, 0.3) is 0 Å². The second kappa shape index (κ2) is 6.66. The Bertz CT molecular complexity index is 265. The summed E-state index contributed by atoms with van der Waals surface area (Å²) in [7, 11) is -4.94. The zero-order chi connectivity index (χ0) is 12.9. The molecule has 0 fully saturated rings. The van der Waals surface area contributed by atoms with Gasteiger partial charge in [0.1, 0.15) is 13.1 Å². The molecule has 0 amide bonds. The molecule has 0 spiro atoms. The molecule has 0 aromatic carbocycles. The molecular weight excluding hydrogens is 246 g/mol. The van der Waals surface area contributed by atoms with Gasteiger partial charge < -0.3 is 0 Å². The van der Waals surface area contributed by atoms with Gasteiger partial charge in [0, 0.05) is 25.2 Å². The fourth-order valence-corrected chi connectivity index (χ4v) is 2.76. The summed E-state index contributed by atoms with van der Waals surface area (Å²) in [6.07, 6.45) is 8.54. The van der Waals surface area contributed by atoms with Gasteiger partial charge in [-0.25, -0.2) is 23.2 Å². The van der Waals surface area contributed by atoms with E-state index < -0.39 is 10.2 Å². The molecule has 1 atom stereocenters. The van der Waals surface area contributed by atoms with Gasteiger partial charge in [0.05, 0.1) is 0 Å². The summed E-state index contributed by atoms with van der Waals surface area (Å²) in [5.41, 5.74) is 1.80. The van der Waals surface area contributed by atoms with Crippen molar-refractivity contribution in [3.63, 3.8) is 0 Å². The van der Waals surface area contributed by atoms with Crippen LogP contribution < -0.4 is 18.6 Å². The molecule has 2 aliphatic rings. The van der Waals surface area contributed by atoms with Crippen LogP contribution in [0.5, 0.6) is 0 Å². The molecule has 0 bridgehead atoms. The Kier molecular flexibility index (Phi) is 5.82. The maximum Gasteiger partial charge on any atom is 0.155 e. The van der Waals surface area contributed by atoms with E-state index in [-0.39, 0.29) is 0 Å². The van der Waals surface area contributed by atoms with Gasteiger partial charge in [0.25, 0.3) is 0 Å². The second-order valence-electron chi connectivity index (χ2n) is 4.56. The van der Waals surface area contributed by atoms with Crippen molar-refractivity contribution in [1.29, 1.82) is 0 Å². The van der Waals surface area contributed by atoms with Gasteiger partial charge in [0.15, 0.2) is 5.71 Å². The van der Waals surface area contributed by atoms with Crippen molar-refractivity contribution in [3.05, 3.63) is 0 Å². The number of halogens is 1. The highest BCUT2D eigenvalue weighted by Crippen LogP contribution is 2.23. The summed E-state index contributed by atoms with van der Waals surface area (Å²) in [5, 5.41) is 0. The van der Waals surface area contributed by atoms with Gasteiger partial charge in [-0.1, -0.05) is 6.92 Å². The molecule has 6 heteroatoms. The van der Waals surface area contributed by atoms with Gasteiger partial charge >= 0.3 is 0 Å². The largest absolute Gasteiger partial charge is 0.237 e. The van der Waals surface area contributed by atoms with Crippen LogP contribution in [0.3, 0.4) is 0 Å². The molecule has 5 nitrogen and oxygen atoms in total. The van der Waals surface area contributed by atoms with E-state index in [4.69, 9.17) is 18.6 Å². The van der Waals surface area contributed by atoms with Crippen LogP contribution in [0.4, 0.5) is 0 Å². The lowest BCUT2D eigenvalue weighted by Gasteiger charge is -2.25. The monoisotopic (exact) mass is 265 g/mol. The quantitative estimate of drug-likeness (QED) is 0.498. The van der Waals surface area contributed by atoms with Crippen LogP contribution in [-0.4, -0.2) is 23.4 Å². The molecule has 2 aliphatic heterocycles. The molecule has 1 unspecified atom stereocenters. The lowest BCUT2D eigenvalue weighted by molar-refractivity contribution is -2.00. The molecule has 0 N–H and O–H groups in total. The van der Waals surface area contributed by atoms with E-state index in [9.17, 15) is 0 Å². The van der Waals surface area contributed by atoms with Crippen molar-refractivity contribution in [2.45, 2.75) is 45.4 Å². The third-order valence-corrected chi connectivity index (χ3v) is 3.46. The van der Waals surface area contributed by atoms with Gasteiger partial charge in [-0.05, 0) is 19.3 Å². The lowest BCUT2D eigenvalue weighted by atomic mass is 9.87. The Morgan fingerprint density at radius 1 is 1.12 bits per heavy atom. The first kappa shape index (κ1) is 14.9. The maximum atomic E-state index is 8.49. The van der Waals surface area contributed by atoms with E-state index in [2.05, 4.69) is 11.5 Å². The number of nitrogens with zero attached hydrogens (tertiary/aromatic N) is 1. The van der Waals surface area contributed by atoms with Gasteiger partial charge in [-0.2, -0.15) is 0 Å². The van der Waals surface area contributed by atoms with Crippen LogP contribution in [0, 0.1) is 16.2 Å². The van der Waals surface area contributed by atoms with E-state index in [1.54, 1.807) is 5.71 Å². The van der Waals surface area contributed by atoms with Crippen molar-refractivity contribution in [2.24, 2.45) is 5.92 Å². The zero-order valence-electron chi connectivity index (χ0n) is 10.2. The lowest BCUT2D eigenvalue weighted by Crippen LogP contribution is -2.68. The van der Waals surface area contributed by atoms with E-state index in [1.807, 2.05) is 0 Å². The SMILES string of the molecule is CCC1CCC[N+]2=C1CCCC2.[O-][Cl+3]([O-])([O-])[O-]. The van der Waals surface area contributed by atoms with Crippen LogP contribution >= 0.6 is 0 Å². The van der Waals surface area contributed by atoms with Crippen LogP contribution in [0.2, 0.25) is 0 Å². The molecule has 0 aromatic rings. The fraction of sp³-hybridized carbons (Fsp3) is 0.909. The molecular formula is C11H20ClNO4. The molecule has 0 saturated carbocycles. The van der Waals surface area contributed by atoms with Gasteiger partial charge in [-0.3, -0.25) is 0 Å². The van der Waals surface area contributed by atoms with E-state index in [0.717, 1.165) is 5.92 Å². The molecule has 2 rings (SSSR count). The van der Waals surface area contributed by atoms with Crippen molar-refractivity contribution >= 4 is 5.71 Å². The van der Waals surface area contributed by atoms with Crippen LogP contribution in [-0.2, 0) is 0 Å². The predicted octanol–water partition coefficient (Wildman–Crippen LogP) is -2.31. The Morgan fingerprint density at radius 2 is 1.71 bits per heavy atom. The third kappa shape index (κ3) is 5.79. The van der Waals surface area contributed by atoms with Crippen molar-refractivity contribution in [1.82, 2.24) is 0 Å². The molecule has 17 heavy (non-hydrogen) atoms. The molecule has 0 aromatic heterocycles. The summed E-state index contributed by atoms with van der Waals surface area (Å²) in [6, 6.07) is 0. The van der Waals surface area contributed by atoms with Gasteiger partial charge in [-0.15, -0.1) is 10.2 Å². The molecule has 2 heterocycles. The standard InChI is InChI=1S/C11H20N.ClHO4/c1-2-10-6-5-9-12-8-4-3-7-11(10)12;2-1(3,4)5/h10H,2-9H2,1H3;(H,2,3,4,5)/q+1;/p-1. The molecule has 0 radical (unpaired) electrons. The Balaban J connectivity index is 0.000000249. The van der Waals surface area contributed by atoms with Crippen molar-refractivity contribution in [3.8, 4) is 0 Å². The number of rotatable bonds is 1.